The van der Waals surface area contributed by atoms with Gasteiger partial charge < -0.3 is 9.88 Å². The highest BCUT2D eigenvalue weighted by molar-refractivity contribution is 5.46. The molecule has 0 bridgehead atoms. The molecule has 0 saturated carbocycles. The van der Waals surface area contributed by atoms with E-state index in [1.807, 2.05) is 24.9 Å². The van der Waals surface area contributed by atoms with Gasteiger partial charge in [0.05, 0.1) is 5.69 Å². The van der Waals surface area contributed by atoms with E-state index < -0.39 is 0 Å². The minimum atomic E-state index is 0.740. The van der Waals surface area contributed by atoms with Crippen LogP contribution in [0.2, 0.25) is 0 Å². The number of aryl methyl sites for hydroxylation is 1. The zero-order valence-electron chi connectivity index (χ0n) is 10.4. The first-order chi connectivity index (χ1) is 8.26. The van der Waals surface area contributed by atoms with Crippen LogP contribution >= 0.6 is 0 Å². The van der Waals surface area contributed by atoms with Crippen LogP contribution in [0.3, 0.4) is 0 Å². The second kappa shape index (κ2) is 4.95. The van der Waals surface area contributed by atoms with Crippen molar-refractivity contribution >= 4 is 5.82 Å². The van der Waals surface area contributed by atoms with E-state index in [0.29, 0.717) is 0 Å². The summed E-state index contributed by atoms with van der Waals surface area (Å²) < 4.78 is 2.01. The van der Waals surface area contributed by atoms with Gasteiger partial charge in [-0.15, -0.1) is 0 Å². The van der Waals surface area contributed by atoms with Crippen LogP contribution in [0.4, 0.5) is 5.82 Å². The van der Waals surface area contributed by atoms with Gasteiger partial charge in [-0.2, -0.15) is 0 Å². The second-order valence-electron chi connectivity index (χ2n) is 3.88. The lowest BCUT2D eigenvalue weighted by Crippen LogP contribution is -2.07. The van der Waals surface area contributed by atoms with Gasteiger partial charge in [-0.1, -0.05) is 6.92 Å². The molecule has 90 valence electrons. The minimum absolute atomic E-state index is 0.740. The van der Waals surface area contributed by atoms with E-state index in [-0.39, 0.29) is 0 Å². The number of aromatic nitrogens is 4. The van der Waals surface area contributed by atoms with Gasteiger partial charge in [0.25, 0.3) is 0 Å². The predicted molar refractivity (Wildman–Crippen MR) is 67.0 cm³/mol. The number of nitrogens with zero attached hydrogens (tertiary/aromatic N) is 4. The van der Waals surface area contributed by atoms with Crippen molar-refractivity contribution < 1.29 is 0 Å². The molecule has 2 heterocycles. The molecule has 0 aliphatic heterocycles. The van der Waals surface area contributed by atoms with Crippen LogP contribution in [0, 0.1) is 0 Å². The average Bonchev–Trinajstić information content (AvgIpc) is 2.74. The molecule has 0 saturated heterocycles. The molecule has 0 radical (unpaired) electrons. The van der Waals surface area contributed by atoms with Crippen LogP contribution in [0.1, 0.15) is 24.0 Å². The Morgan fingerprint density at radius 1 is 1.29 bits per heavy atom. The molecule has 0 unspecified atom stereocenters. The minimum Gasteiger partial charge on any atom is -0.373 e. The smallest absolute Gasteiger partial charge is 0.132 e. The number of hydrogen-bond acceptors (Lipinski definition) is 4. The van der Waals surface area contributed by atoms with Crippen molar-refractivity contribution in [3.63, 3.8) is 0 Å². The van der Waals surface area contributed by atoms with Gasteiger partial charge in [0, 0.05) is 38.5 Å². The fourth-order valence-electron chi connectivity index (χ4n) is 1.90. The molecule has 0 spiro atoms. The largest absolute Gasteiger partial charge is 0.373 e. The Hall–Kier alpha value is -1.91. The third kappa shape index (κ3) is 2.27. The Kier molecular flexibility index (Phi) is 3.37. The molecule has 2 aromatic rings. The van der Waals surface area contributed by atoms with E-state index in [2.05, 4.69) is 27.2 Å². The van der Waals surface area contributed by atoms with Crippen molar-refractivity contribution in [2.24, 2.45) is 7.05 Å². The summed E-state index contributed by atoms with van der Waals surface area (Å²) in [6.45, 7) is 2.11. The van der Waals surface area contributed by atoms with Crippen molar-refractivity contribution in [3.8, 4) is 0 Å². The molecule has 2 rings (SSSR count). The highest BCUT2D eigenvalue weighted by Gasteiger charge is 2.11. The molecular weight excluding hydrogens is 214 g/mol. The molecule has 5 heteroatoms. The molecule has 5 nitrogen and oxygen atoms in total. The Labute approximate surface area is 101 Å². The Morgan fingerprint density at radius 3 is 2.71 bits per heavy atom. The first kappa shape index (κ1) is 11.6. The lowest BCUT2D eigenvalue weighted by atomic mass is 10.1. The van der Waals surface area contributed by atoms with Gasteiger partial charge in [-0.05, 0) is 6.42 Å². The normalized spacial score (nSPS) is 10.5. The van der Waals surface area contributed by atoms with Crippen LogP contribution < -0.4 is 5.32 Å². The standard InChI is InChI=1S/C12H17N5/c1-4-9-10(15-8-16-12(9)13-2)7-11-14-5-6-17(11)3/h5-6,8H,4,7H2,1-3H3,(H,13,15,16). The van der Waals surface area contributed by atoms with Gasteiger partial charge in [-0.25, -0.2) is 15.0 Å². The van der Waals surface area contributed by atoms with E-state index in [4.69, 9.17) is 0 Å². The lowest BCUT2D eigenvalue weighted by molar-refractivity contribution is 0.801. The first-order valence-electron chi connectivity index (χ1n) is 5.73. The Bertz CT molecular complexity index is 503. The van der Waals surface area contributed by atoms with E-state index in [1.54, 1.807) is 12.5 Å². The maximum absolute atomic E-state index is 4.37. The summed E-state index contributed by atoms with van der Waals surface area (Å²) in [5.41, 5.74) is 2.21. The first-order valence-corrected chi connectivity index (χ1v) is 5.73. The highest BCUT2D eigenvalue weighted by Crippen LogP contribution is 2.17. The molecule has 0 aromatic carbocycles. The van der Waals surface area contributed by atoms with Crippen LogP contribution in [0.25, 0.3) is 0 Å². The third-order valence-electron chi connectivity index (χ3n) is 2.87. The molecule has 2 aromatic heterocycles. The van der Waals surface area contributed by atoms with Gasteiger partial charge >= 0.3 is 0 Å². The van der Waals surface area contributed by atoms with Gasteiger partial charge in [0.1, 0.15) is 18.0 Å². The molecule has 1 N–H and O–H groups in total. The van der Waals surface area contributed by atoms with Crippen molar-refractivity contribution in [3.05, 3.63) is 35.8 Å². The predicted octanol–water partition coefficient (Wildman–Crippen LogP) is 1.40. The van der Waals surface area contributed by atoms with Crippen LogP contribution in [-0.2, 0) is 19.9 Å². The number of anilines is 1. The maximum Gasteiger partial charge on any atom is 0.132 e. The van der Waals surface area contributed by atoms with Crippen LogP contribution in [-0.4, -0.2) is 26.6 Å². The number of rotatable bonds is 4. The molecule has 0 aliphatic carbocycles. The molecule has 17 heavy (non-hydrogen) atoms. The molecular formula is C12H17N5. The zero-order chi connectivity index (χ0) is 12.3. The third-order valence-corrected chi connectivity index (χ3v) is 2.87. The van der Waals surface area contributed by atoms with E-state index in [0.717, 1.165) is 35.7 Å². The van der Waals surface area contributed by atoms with E-state index >= 15 is 0 Å². The summed E-state index contributed by atoms with van der Waals surface area (Å²) in [7, 11) is 3.88. The summed E-state index contributed by atoms with van der Waals surface area (Å²) in [6.07, 6.45) is 7.01. The summed E-state index contributed by atoms with van der Waals surface area (Å²) in [5.74, 6) is 1.92. The van der Waals surface area contributed by atoms with E-state index in [1.165, 1.54) is 0 Å². The van der Waals surface area contributed by atoms with Crippen molar-refractivity contribution in [2.75, 3.05) is 12.4 Å². The zero-order valence-corrected chi connectivity index (χ0v) is 10.4. The summed E-state index contributed by atoms with van der Waals surface area (Å²) >= 11 is 0. The van der Waals surface area contributed by atoms with Crippen molar-refractivity contribution in [1.82, 2.24) is 19.5 Å². The van der Waals surface area contributed by atoms with Crippen LogP contribution in [0.15, 0.2) is 18.7 Å². The highest BCUT2D eigenvalue weighted by atomic mass is 15.0. The summed E-state index contributed by atoms with van der Waals surface area (Å²) in [4.78, 5) is 12.9. The number of hydrogen-bond donors (Lipinski definition) is 1. The molecule has 0 amide bonds. The fourth-order valence-corrected chi connectivity index (χ4v) is 1.90. The lowest BCUT2D eigenvalue weighted by Gasteiger charge is -2.10. The van der Waals surface area contributed by atoms with Gasteiger partial charge in [-0.3, -0.25) is 0 Å². The fraction of sp³-hybridized carbons (Fsp3) is 0.417. The van der Waals surface area contributed by atoms with Gasteiger partial charge in [0.2, 0.25) is 0 Å². The summed E-state index contributed by atoms with van der Waals surface area (Å²) in [6, 6.07) is 0. The SMILES string of the molecule is CCc1c(Cc2nccn2C)ncnc1NC. The maximum atomic E-state index is 4.37. The van der Waals surface area contributed by atoms with Crippen molar-refractivity contribution in [1.29, 1.82) is 0 Å². The summed E-state index contributed by atoms with van der Waals surface area (Å²) in [5, 5.41) is 3.10. The Balaban J connectivity index is 2.36. The Morgan fingerprint density at radius 2 is 2.12 bits per heavy atom. The average molecular weight is 231 g/mol. The van der Waals surface area contributed by atoms with E-state index in [9.17, 15) is 0 Å². The monoisotopic (exact) mass is 231 g/mol. The van der Waals surface area contributed by atoms with Gasteiger partial charge in [0.15, 0.2) is 0 Å². The molecule has 0 atom stereocenters. The quantitative estimate of drug-likeness (QED) is 0.864. The number of imidazole rings is 1. The molecule has 0 aliphatic rings. The topological polar surface area (TPSA) is 55.6 Å². The second-order valence-corrected chi connectivity index (χ2v) is 3.88. The van der Waals surface area contributed by atoms with Crippen LogP contribution in [0.5, 0.6) is 0 Å². The molecule has 0 fully saturated rings. The van der Waals surface area contributed by atoms with Crippen molar-refractivity contribution in [2.45, 2.75) is 19.8 Å². The number of nitrogens with one attached hydrogen (secondary N) is 1.